The molecule has 3 rings (SSSR count). The molecule has 21 heavy (non-hydrogen) atoms. The van der Waals surface area contributed by atoms with Crippen LogP contribution in [0.5, 0.6) is 0 Å². The number of nitrogens with zero attached hydrogens (tertiary/aromatic N) is 3. The van der Waals surface area contributed by atoms with E-state index >= 15 is 0 Å². The van der Waals surface area contributed by atoms with E-state index in [4.69, 9.17) is 0 Å². The van der Waals surface area contributed by atoms with Crippen molar-refractivity contribution in [3.63, 3.8) is 0 Å². The zero-order valence-electron chi connectivity index (χ0n) is 11.6. The molecule has 0 bridgehead atoms. The monoisotopic (exact) mass is 299 g/mol. The fraction of sp³-hybridized carbons (Fsp3) is 0.133. The molecule has 0 aliphatic heterocycles. The highest BCUT2D eigenvalue weighted by Gasteiger charge is 2.21. The smallest absolute Gasteiger partial charge is 0.348 e. The van der Waals surface area contributed by atoms with E-state index in [9.17, 15) is 9.90 Å². The summed E-state index contributed by atoms with van der Waals surface area (Å²) in [5.41, 5.74) is 3.14. The van der Waals surface area contributed by atoms with Crippen LogP contribution in [0.15, 0.2) is 36.5 Å². The molecule has 0 fully saturated rings. The van der Waals surface area contributed by atoms with E-state index in [1.165, 1.54) is 11.3 Å². The summed E-state index contributed by atoms with van der Waals surface area (Å²) in [4.78, 5) is 16.3. The number of carbonyl (C=O) groups is 1. The standard InChI is InChI=1S/C15H13N3O2S/c1-9-11(8-16-18(9)2)14-17-12(13(21-14)15(19)20)10-6-4-3-5-7-10/h3-8H,1-2H3,(H,19,20). The molecule has 0 radical (unpaired) electrons. The SMILES string of the molecule is Cc1c(-c2nc(-c3ccccc3)c(C(=O)O)s2)cnn1C. The number of carboxylic acid groups (broad SMARTS) is 1. The minimum atomic E-state index is -0.959. The fourth-order valence-corrected chi connectivity index (χ4v) is 3.07. The summed E-state index contributed by atoms with van der Waals surface area (Å²) in [7, 11) is 1.85. The first kappa shape index (κ1) is 13.5. The molecule has 0 unspecified atom stereocenters. The Morgan fingerprint density at radius 3 is 2.57 bits per heavy atom. The molecular formula is C15H13N3O2S. The van der Waals surface area contributed by atoms with Gasteiger partial charge in [-0.05, 0) is 6.92 Å². The Kier molecular flexibility index (Phi) is 3.31. The predicted octanol–water partition coefficient (Wildman–Crippen LogP) is 3.22. The third-order valence-corrected chi connectivity index (χ3v) is 4.41. The van der Waals surface area contributed by atoms with Crippen LogP contribution < -0.4 is 0 Å². The van der Waals surface area contributed by atoms with Gasteiger partial charge in [-0.2, -0.15) is 5.10 Å². The summed E-state index contributed by atoms with van der Waals surface area (Å²) in [5.74, 6) is -0.959. The van der Waals surface area contributed by atoms with Crippen LogP contribution in [0.25, 0.3) is 21.8 Å². The summed E-state index contributed by atoms with van der Waals surface area (Å²) in [6.07, 6.45) is 1.72. The molecule has 3 aromatic rings. The lowest BCUT2D eigenvalue weighted by atomic mass is 10.1. The summed E-state index contributed by atoms with van der Waals surface area (Å²) in [6, 6.07) is 9.36. The van der Waals surface area contributed by atoms with Gasteiger partial charge in [-0.3, -0.25) is 4.68 Å². The van der Waals surface area contributed by atoms with E-state index in [1.54, 1.807) is 10.9 Å². The molecule has 0 atom stereocenters. The Hall–Kier alpha value is -2.47. The summed E-state index contributed by atoms with van der Waals surface area (Å²) >= 11 is 1.18. The molecule has 0 spiro atoms. The second-order valence-electron chi connectivity index (χ2n) is 4.64. The minimum Gasteiger partial charge on any atom is -0.477 e. The minimum absolute atomic E-state index is 0.249. The zero-order valence-corrected chi connectivity index (χ0v) is 12.4. The van der Waals surface area contributed by atoms with Crippen LogP contribution in [-0.2, 0) is 7.05 Å². The van der Waals surface area contributed by atoms with Crippen LogP contribution in [0.2, 0.25) is 0 Å². The molecule has 5 nitrogen and oxygen atoms in total. The maximum absolute atomic E-state index is 11.5. The van der Waals surface area contributed by atoms with E-state index in [0.717, 1.165) is 16.8 Å². The lowest BCUT2D eigenvalue weighted by molar-refractivity contribution is 0.0702. The van der Waals surface area contributed by atoms with Gasteiger partial charge in [0.1, 0.15) is 9.88 Å². The number of aromatic nitrogens is 3. The number of rotatable bonds is 3. The molecule has 0 saturated heterocycles. The Labute approximate surface area is 125 Å². The number of benzene rings is 1. The molecule has 0 aliphatic rings. The number of hydrogen-bond acceptors (Lipinski definition) is 4. The largest absolute Gasteiger partial charge is 0.477 e. The Morgan fingerprint density at radius 1 is 1.29 bits per heavy atom. The number of thiazole rings is 1. The molecule has 1 aromatic carbocycles. The average Bonchev–Trinajstić information content (AvgIpc) is 3.05. The van der Waals surface area contributed by atoms with Crippen molar-refractivity contribution in [1.29, 1.82) is 0 Å². The molecule has 1 N–H and O–H groups in total. The van der Waals surface area contributed by atoms with Crippen molar-refractivity contribution in [3.05, 3.63) is 47.1 Å². The van der Waals surface area contributed by atoms with E-state index < -0.39 is 5.97 Å². The van der Waals surface area contributed by atoms with Gasteiger partial charge < -0.3 is 5.11 Å². The normalized spacial score (nSPS) is 10.8. The summed E-state index contributed by atoms with van der Waals surface area (Å²) < 4.78 is 1.75. The highest BCUT2D eigenvalue weighted by atomic mass is 32.1. The van der Waals surface area contributed by atoms with Gasteiger partial charge in [-0.25, -0.2) is 9.78 Å². The van der Waals surface area contributed by atoms with Gasteiger partial charge in [0.25, 0.3) is 0 Å². The third-order valence-electron chi connectivity index (χ3n) is 3.33. The number of aryl methyl sites for hydroxylation is 1. The number of hydrogen-bond donors (Lipinski definition) is 1. The molecule has 2 aromatic heterocycles. The van der Waals surface area contributed by atoms with Crippen LogP contribution >= 0.6 is 11.3 Å². The first-order valence-electron chi connectivity index (χ1n) is 6.36. The lowest BCUT2D eigenvalue weighted by Crippen LogP contribution is -1.95. The van der Waals surface area contributed by atoms with Gasteiger partial charge in [0.05, 0.1) is 17.5 Å². The molecule has 106 valence electrons. The average molecular weight is 299 g/mol. The van der Waals surface area contributed by atoms with Crippen LogP contribution in [0, 0.1) is 6.92 Å². The summed E-state index contributed by atoms with van der Waals surface area (Å²) in [6.45, 7) is 1.94. The van der Waals surface area contributed by atoms with Crippen LogP contribution in [0.4, 0.5) is 0 Å². The zero-order chi connectivity index (χ0) is 15.0. The van der Waals surface area contributed by atoms with Crippen molar-refractivity contribution in [2.75, 3.05) is 0 Å². The Morgan fingerprint density at radius 2 is 2.00 bits per heavy atom. The lowest BCUT2D eigenvalue weighted by Gasteiger charge is -1.97. The second-order valence-corrected chi connectivity index (χ2v) is 5.63. The molecule has 0 aliphatic carbocycles. The number of aromatic carboxylic acids is 1. The second kappa shape index (κ2) is 5.14. The highest BCUT2D eigenvalue weighted by Crippen LogP contribution is 2.34. The molecule has 2 heterocycles. The van der Waals surface area contributed by atoms with E-state index in [0.29, 0.717) is 10.7 Å². The van der Waals surface area contributed by atoms with Crippen molar-refractivity contribution in [2.24, 2.45) is 7.05 Å². The highest BCUT2D eigenvalue weighted by molar-refractivity contribution is 7.17. The van der Waals surface area contributed by atoms with Gasteiger partial charge in [0, 0.05) is 18.3 Å². The molecule has 0 saturated carbocycles. The maximum atomic E-state index is 11.5. The molecule has 6 heteroatoms. The van der Waals surface area contributed by atoms with Crippen LogP contribution in [-0.4, -0.2) is 25.8 Å². The Balaban J connectivity index is 2.18. The van der Waals surface area contributed by atoms with E-state index in [-0.39, 0.29) is 4.88 Å². The van der Waals surface area contributed by atoms with Gasteiger partial charge >= 0.3 is 5.97 Å². The van der Waals surface area contributed by atoms with Crippen LogP contribution in [0.3, 0.4) is 0 Å². The maximum Gasteiger partial charge on any atom is 0.348 e. The van der Waals surface area contributed by atoms with Gasteiger partial charge in [-0.1, -0.05) is 30.3 Å². The van der Waals surface area contributed by atoms with E-state index in [2.05, 4.69) is 10.1 Å². The first-order valence-corrected chi connectivity index (χ1v) is 7.18. The van der Waals surface area contributed by atoms with Gasteiger partial charge in [0.15, 0.2) is 0 Å². The van der Waals surface area contributed by atoms with Crippen molar-refractivity contribution in [3.8, 4) is 21.8 Å². The Bertz CT molecular complexity index is 806. The summed E-state index contributed by atoms with van der Waals surface area (Å²) in [5, 5.41) is 14.3. The molecule has 0 amide bonds. The van der Waals surface area contributed by atoms with Crippen LogP contribution in [0.1, 0.15) is 15.4 Å². The van der Waals surface area contributed by atoms with Crippen molar-refractivity contribution < 1.29 is 9.90 Å². The predicted molar refractivity (Wildman–Crippen MR) is 81.4 cm³/mol. The van der Waals surface area contributed by atoms with E-state index in [1.807, 2.05) is 44.3 Å². The fourth-order valence-electron chi connectivity index (χ4n) is 2.08. The van der Waals surface area contributed by atoms with Crippen molar-refractivity contribution in [2.45, 2.75) is 6.92 Å². The quantitative estimate of drug-likeness (QED) is 0.806. The third kappa shape index (κ3) is 2.34. The first-order chi connectivity index (χ1) is 10.1. The van der Waals surface area contributed by atoms with Gasteiger partial charge in [-0.15, -0.1) is 11.3 Å². The van der Waals surface area contributed by atoms with Crippen molar-refractivity contribution in [1.82, 2.24) is 14.8 Å². The van der Waals surface area contributed by atoms with Crippen molar-refractivity contribution >= 4 is 17.3 Å². The molecular weight excluding hydrogens is 286 g/mol. The topological polar surface area (TPSA) is 68.0 Å². The number of carboxylic acids is 1. The van der Waals surface area contributed by atoms with Gasteiger partial charge in [0.2, 0.25) is 0 Å².